The first-order valence-electron chi connectivity index (χ1n) is 6.23. The second-order valence-corrected chi connectivity index (χ2v) is 5.66. The summed E-state index contributed by atoms with van der Waals surface area (Å²) in [7, 11) is 0. The van der Waals surface area contributed by atoms with E-state index >= 15 is 0 Å². The molecule has 110 valence electrons. The van der Waals surface area contributed by atoms with Crippen molar-refractivity contribution in [2.45, 2.75) is 0 Å². The molecule has 2 heterocycles. The molecule has 0 bridgehead atoms. The molecule has 3 aromatic rings. The number of oxazole rings is 1. The third-order valence-corrected chi connectivity index (χ3v) is 3.51. The number of aromatic hydroxyl groups is 1. The molecule has 0 amide bonds. The molecule has 0 unspecified atom stereocenters. The van der Waals surface area contributed by atoms with Gasteiger partial charge in [-0.1, -0.05) is 27.5 Å². The number of aliphatic imine (C=N–C) groups is 1. The molecular weight excluding hydrogens is 370 g/mol. The Labute approximate surface area is 139 Å². The van der Waals surface area contributed by atoms with E-state index in [2.05, 4.69) is 30.9 Å². The van der Waals surface area contributed by atoms with Crippen molar-refractivity contribution < 1.29 is 9.52 Å². The molecule has 0 saturated carbocycles. The Morgan fingerprint density at radius 2 is 1.95 bits per heavy atom. The third kappa shape index (κ3) is 3.35. The molecule has 3 rings (SSSR count). The standard InChI is InChI=1S/C15H9BrClN3O2/c16-10-3-1-9(2-4-10)14-20-12(15(21)22-14)8-19-13-6-5-11(17)7-18-13/h1-8,21H. The second-order valence-electron chi connectivity index (χ2n) is 4.31. The van der Waals surface area contributed by atoms with Gasteiger partial charge in [0.25, 0.3) is 0 Å². The molecule has 1 aromatic carbocycles. The van der Waals surface area contributed by atoms with Crippen molar-refractivity contribution in [3.63, 3.8) is 0 Å². The highest BCUT2D eigenvalue weighted by Crippen LogP contribution is 2.26. The average molecular weight is 379 g/mol. The van der Waals surface area contributed by atoms with Gasteiger partial charge in [0.1, 0.15) is 0 Å². The minimum Gasteiger partial charge on any atom is -0.479 e. The summed E-state index contributed by atoms with van der Waals surface area (Å²) < 4.78 is 6.19. The van der Waals surface area contributed by atoms with Gasteiger partial charge in [-0.15, -0.1) is 0 Å². The first kappa shape index (κ1) is 14.7. The highest BCUT2D eigenvalue weighted by atomic mass is 79.9. The number of aromatic nitrogens is 2. The fourth-order valence-corrected chi connectivity index (χ4v) is 2.07. The van der Waals surface area contributed by atoms with Crippen LogP contribution in [0.2, 0.25) is 5.02 Å². The van der Waals surface area contributed by atoms with Gasteiger partial charge in [0.05, 0.1) is 11.2 Å². The minimum atomic E-state index is -0.296. The van der Waals surface area contributed by atoms with Gasteiger partial charge in [-0.05, 0) is 36.4 Å². The van der Waals surface area contributed by atoms with Crippen LogP contribution in [0.4, 0.5) is 5.82 Å². The molecule has 0 fully saturated rings. The Kier molecular flexibility index (Phi) is 4.22. The fourth-order valence-electron chi connectivity index (χ4n) is 1.70. The van der Waals surface area contributed by atoms with Gasteiger partial charge in [0, 0.05) is 16.2 Å². The molecule has 2 aromatic heterocycles. The zero-order chi connectivity index (χ0) is 15.5. The predicted molar refractivity (Wildman–Crippen MR) is 87.8 cm³/mol. The van der Waals surface area contributed by atoms with Gasteiger partial charge in [0.15, 0.2) is 11.5 Å². The molecule has 22 heavy (non-hydrogen) atoms. The molecule has 1 N–H and O–H groups in total. The molecule has 0 radical (unpaired) electrons. The maximum Gasteiger partial charge on any atom is 0.312 e. The van der Waals surface area contributed by atoms with Crippen LogP contribution in [0.5, 0.6) is 5.95 Å². The summed E-state index contributed by atoms with van der Waals surface area (Å²) in [6.45, 7) is 0. The monoisotopic (exact) mass is 377 g/mol. The van der Waals surface area contributed by atoms with Crippen LogP contribution < -0.4 is 0 Å². The zero-order valence-corrected chi connectivity index (χ0v) is 13.4. The average Bonchev–Trinajstić information content (AvgIpc) is 2.88. The summed E-state index contributed by atoms with van der Waals surface area (Å²) in [6, 6.07) is 10.7. The topological polar surface area (TPSA) is 71.5 Å². The predicted octanol–water partition coefficient (Wildman–Crippen LogP) is 4.61. The highest BCUT2D eigenvalue weighted by molar-refractivity contribution is 9.10. The maximum absolute atomic E-state index is 9.80. The van der Waals surface area contributed by atoms with E-state index < -0.39 is 0 Å². The SMILES string of the molecule is Oc1oc(-c2ccc(Br)cc2)nc1C=Nc1ccc(Cl)cn1. The highest BCUT2D eigenvalue weighted by Gasteiger charge is 2.12. The van der Waals surface area contributed by atoms with Crippen LogP contribution in [0.25, 0.3) is 11.5 Å². The molecule has 0 aliphatic carbocycles. The van der Waals surface area contributed by atoms with Crippen LogP contribution in [0.3, 0.4) is 0 Å². The van der Waals surface area contributed by atoms with E-state index in [1.807, 2.05) is 24.3 Å². The van der Waals surface area contributed by atoms with Crippen molar-refractivity contribution in [3.8, 4) is 17.4 Å². The summed E-state index contributed by atoms with van der Waals surface area (Å²) in [5, 5.41) is 10.3. The lowest BCUT2D eigenvalue weighted by Gasteiger charge is -1.94. The van der Waals surface area contributed by atoms with E-state index in [-0.39, 0.29) is 11.6 Å². The number of rotatable bonds is 3. The number of halogens is 2. The van der Waals surface area contributed by atoms with E-state index in [4.69, 9.17) is 16.0 Å². The molecule has 7 heteroatoms. The van der Waals surface area contributed by atoms with Gasteiger partial charge in [0.2, 0.25) is 5.89 Å². The quantitative estimate of drug-likeness (QED) is 0.676. The normalized spacial score (nSPS) is 11.2. The number of nitrogens with zero attached hydrogens (tertiary/aromatic N) is 3. The van der Waals surface area contributed by atoms with E-state index in [1.165, 1.54) is 12.4 Å². The second kappa shape index (κ2) is 6.29. The van der Waals surface area contributed by atoms with Crippen LogP contribution in [-0.2, 0) is 0 Å². The summed E-state index contributed by atoms with van der Waals surface area (Å²) >= 11 is 9.11. The van der Waals surface area contributed by atoms with Gasteiger partial charge in [-0.25, -0.2) is 15.0 Å². The maximum atomic E-state index is 9.80. The molecule has 0 aliphatic rings. The van der Waals surface area contributed by atoms with Gasteiger partial charge in [-0.2, -0.15) is 0 Å². The van der Waals surface area contributed by atoms with Crippen molar-refractivity contribution in [3.05, 3.63) is 57.8 Å². The van der Waals surface area contributed by atoms with Gasteiger partial charge < -0.3 is 9.52 Å². The van der Waals surface area contributed by atoms with Crippen molar-refractivity contribution >= 4 is 39.6 Å². The Hall–Kier alpha value is -2.18. The summed E-state index contributed by atoms with van der Waals surface area (Å²) in [5.74, 6) is 0.475. The van der Waals surface area contributed by atoms with E-state index in [9.17, 15) is 5.11 Å². The zero-order valence-electron chi connectivity index (χ0n) is 11.1. The number of hydrogen-bond acceptors (Lipinski definition) is 5. The largest absolute Gasteiger partial charge is 0.479 e. The lowest BCUT2D eigenvalue weighted by atomic mass is 10.2. The molecule has 5 nitrogen and oxygen atoms in total. The molecule has 0 saturated heterocycles. The van der Waals surface area contributed by atoms with E-state index in [0.29, 0.717) is 16.7 Å². The molecule has 0 aliphatic heterocycles. The summed E-state index contributed by atoms with van der Waals surface area (Å²) in [6.07, 6.45) is 2.88. The summed E-state index contributed by atoms with van der Waals surface area (Å²) in [5.41, 5.74) is 0.984. The fraction of sp³-hybridized carbons (Fsp3) is 0. The van der Waals surface area contributed by atoms with Crippen molar-refractivity contribution in [2.24, 2.45) is 4.99 Å². The third-order valence-electron chi connectivity index (χ3n) is 2.76. The molecule has 0 spiro atoms. The van der Waals surface area contributed by atoms with E-state index in [0.717, 1.165) is 10.0 Å². The number of benzene rings is 1. The van der Waals surface area contributed by atoms with Crippen molar-refractivity contribution in [1.29, 1.82) is 0 Å². The van der Waals surface area contributed by atoms with Crippen LogP contribution in [0.1, 0.15) is 5.69 Å². The smallest absolute Gasteiger partial charge is 0.312 e. The van der Waals surface area contributed by atoms with Crippen LogP contribution >= 0.6 is 27.5 Å². The number of pyridine rings is 1. The molecule has 0 atom stereocenters. The Morgan fingerprint density at radius 3 is 2.64 bits per heavy atom. The van der Waals surface area contributed by atoms with Gasteiger partial charge >= 0.3 is 5.95 Å². The number of hydrogen-bond donors (Lipinski definition) is 1. The van der Waals surface area contributed by atoms with E-state index in [1.54, 1.807) is 12.1 Å². The van der Waals surface area contributed by atoms with Crippen LogP contribution in [0.15, 0.2) is 56.5 Å². The Morgan fingerprint density at radius 1 is 1.18 bits per heavy atom. The molecular formula is C15H9BrClN3O2. The summed E-state index contributed by atoms with van der Waals surface area (Å²) in [4.78, 5) is 12.3. The van der Waals surface area contributed by atoms with Gasteiger partial charge in [-0.3, -0.25) is 0 Å². The minimum absolute atomic E-state index is 0.231. The first-order valence-corrected chi connectivity index (χ1v) is 7.40. The van der Waals surface area contributed by atoms with Crippen LogP contribution in [0, 0.1) is 0 Å². The Balaban J connectivity index is 1.86. The van der Waals surface area contributed by atoms with Crippen LogP contribution in [-0.4, -0.2) is 21.3 Å². The van der Waals surface area contributed by atoms with Crippen molar-refractivity contribution in [1.82, 2.24) is 9.97 Å². The Bertz CT molecular complexity index is 814. The first-order chi connectivity index (χ1) is 10.6. The lowest BCUT2D eigenvalue weighted by molar-refractivity contribution is 0.337. The van der Waals surface area contributed by atoms with Crippen molar-refractivity contribution in [2.75, 3.05) is 0 Å². The lowest BCUT2D eigenvalue weighted by Crippen LogP contribution is -1.83.